The van der Waals surface area contributed by atoms with Gasteiger partial charge in [0.15, 0.2) is 6.29 Å². The highest BCUT2D eigenvalue weighted by Crippen LogP contribution is 2.46. The Labute approximate surface area is 174 Å². The molecular weight excluding hydrogens is 376 g/mol. The summed E-state index contributed by atoms with van der Waals surface area (Å²) in [4.78, 5) is 11.6. The van der Waals surface area contributed by atoms with Gasteiger partial charge in [0.1, 0.15) is 17.2 Å². The lowest BCUT2D eigenvalue weighted by Crippen LogP contribution is -2.31. The summed E-state index contributed by atoms with van der Waals surface area (Å²) in [5.41, 5.74) is 2.76. The third-order valence-electron chi connectivity index (χ3n) is 5.39. The van der Waals surface area contributed by atoms with Crippen molar-refractivity contribution in [1.82, 2.24) is 0 Å². The Hall–Kier alpha value is -4.05. The largest absolute Gasteiger partial charge is 0.508 e. The molecule has 0 fully saturated rings. The van der Waals surface area contributed by atoms with E-state index >= 15 is 0 Å². The summed E-state index contributed by atoms with van der Waals surface area (Å²) >= 11 is 0. The van der Waals surface area contributed by atoms with Gasteiger partial charge in [0, 0.05) is 0 Å². The molecule has 0 bridgehead atoms. The lowest BCUT2D eigenvalue weighted by molar-refractivity contribution is 0.112. The molecule has 0 aliphatic rings. The van der Waals surface area contributed by atoms with E-state index in [1.807, 2.05) is 54.6 Å². The molecule has 0 heterocycles. The molecule has 0 unspecified atom stereocenters. The van der Waals surface area contributed by atoms with Gasteiger partial charge in [-0.1, -0.05) is 60.7 Å². The number of benzene rings is 4. The van der Waals surface area contributed by atoms with Crippen LogP contribution in [0.3, 0.4) is 0 Å². The second-order valence-corrected chi connectivity index (χ2v) is 7.10. The standard InChI is InChI=1S/C26H20O4/c27-17-18-16-22(10-15-25(18)30)26(19-4-2-1-3-5-19,20-6-11-23(28)12-7-20)21-8-13-24(29)14-9-21/h1-17,28-30H. The molecule has 0 amide bonds. The van der Waals surface area contributed by atoms with Gasteiger partial charge in [-0.05, 0) is 58.7 Å². The van der Waals surface area contributed by atoms with Crippen LogP contribution >= 0.6 is 0 Å². The van der Waals surface area contributed by atoms with Crippen molar-refractivity contribution in [3.63, 3.8) is 0 Å². The summed E-state index contributed by atoms with van der Waals surface area (Å²) in [5.74, 6) is 0.198. The molecule has 4 rings (SSSR count). The Balaban J connectivity index is 2.15. The molecule has 4 aromatic rings. The predicted octanol–water partition coefficient (Wildman–Crippen LogP) is 5.00. The predicted molar refractivity (Wildman–Crippen MR) is 115 cm³/mol. The van der Waals surface area contributed by atoms with Crippen LogP contribution in [-0.2, 0) is 5.41 Å². The van der Waals surface area contributed by atoms with Gasteiger partial charge >= 0.3 is 0 Å². The van der Waals surface area contributed by atoms with Crippen LogP contribution in [-0.4, -0.2) is 21.6 Å². The maximum Gasteiger partial charge on any atom is 0.153 e. The van der Waals surface area contributed by atoms with Crippen LogP contribution < -0.4 is 0 Å². The molecule has 0 atom stereocenters. The van der Waals surface area contributed by atoms with Gasteiger partial charge < -0.3 is 15.3 Å². The maximum atomic E-state index is 11.6. The summed E-state index contributed by atoms with van der Waals surface area (Å²) in [6, 6.07) is 28.6. The van der Waals surface area contributed by atoms with Crippen molar-refractivity contribution >= 4 is 6.29 Å². The summed E-state index contributed by atoms with van der Waals surface area (Å²) < 4.78 is 0. The minimum atomic E-state index is -0.853. The highest BCUT2D eigenvalue weighted by atomic mass is 16.3. The zero-order valence-electron chi connectivity index (χ0n) is 16.1. The fourth-order valence-electron chi connectivity index (χ4n) is 3.99. The number of hydrogen-bond donors (Lipinski definition) is 3. The smallest absolute Gasteiger partial charge is 0.153 e. The molecule has 30 heavy (non-hydrogen) atoms. The average Bonchev–Trinajstić information content (AvgIpc) is 2.78. The van der Waals surface area contributed by atoms with Crippen LogP contribution in [0.2, 0.25) is 0 Å². The lowest BCUT2D eigenvalue weighted by Gasteiger charge is -2.37. The van der Waals surface area contributed by atoms with E-state index in [-0.39, 0.29) is 22.8 Å². The van der Waals surface area contributed by atoms with Crippen molar-refractivity contribution in [3.05, 3.63) is 125 Å². The number of phenolic OH excluding ortho intramolecular Hbond substituents is 3. The molecule has 4 aromatic carbocycles. The first-order chi connectivity index (χ1) is 14.6. The number of carbonyl (C=O) groups excluding carboxylic acids is 1. The minimum Gasteiger partial charge on any atom is -0.508 e. The van der Waals surface area contributed by atoms with Gasteiger partial charge in [0.05, 0.1) is 11.0 Å². The zero-order valence-corrected chi connectivity index (χ0v) is 16.1. The van der Waals surface area contributed by atoms with E-state index < -0.39 is 5.41 Å². The Morgan fingerprint density at radius 2 is 1.03 bits per heavy atom. The SMILES string of the molecule is O=Cc1cc(C(c2ccccc2)(c2ccc(O)cc2)c2ccc(O)cc2)ccc1O. The van der Waals surface area contributed by atoms with E-state index in [2.05, 4.69) is 0 Å². The van der Waals surface area contributed by atoms with Gasteiger partial charge in [-0.3, -0.25) is 4.79 Å². The number of phenols is 3. The molecule has 4 nitrogen and oxygen atoms in total. The molecule has 3 N–H and O–H groups in total. The molecule has 0 aromatic heterocycles. The number of aromatic hydroxyl groups is 3. The normalized spacial score (nSPS) is 11.2. The Bertz CT molecular complexity index is 1120. The van der Waals surface area contributed by atoms with Gasteiger partial charge in [-0.15, -0.1) is 0 Å². The van der Waals surface area contributed by atoms with E-state index in [1.165, 1.54) is 6.07 Å². The van der Waals surface area contributed by atoms with Gasteiger partial charge in [0.2, 0.25) is 0 Å². The van der Waals surface area contributed by atoms with E-state index in [1.54, 1.807) is 36.4 Å². The molecule has 4 heteroatoms. The van der Waals surface area contributed by atoms with Crippen LogP contribution in [0.5, 0.6) is 17.2 Å². The summed E-state index contributed by atoms with van der Waals surface area (Å²) in [6.07, 6.45) is 0.627. The lowest BCUT2D eigenvalue weighted by atomic mass is 9.65. The Kier molecular flexibility index (Phi) is 4.98. The van der Waals surface area contributed by atoms with Crippen molar-refractivity contribution in [2.45, 2.75) is 5.41 Å². The van der Waals surface area contributed by atoms with E-state index in [9.17, 15) is 20.1 Å². The second kappa shape index (κ2) is 7.76. The van der Waals surface area contributed by atoms with Crippen molar-refractivity contribution in [3.8, 4) is 17.2 Å². The molecule has 0 aliphatic heterocycles. The quantitative estimate of drug-likeness (QED) is 0.328. The molecule has 148 valence electrons. The van der Waals surface area contributed by atoms with Crippen LogP contribution in [0.4, 0.5) is 0 Å². The summed E-state index contributed by atoms with van der Waals surface area (Å²) in [5, 5.41) is 29.8. The molecule has 0 aliphatic carbocycles. The first kappa shape index (κ1) is 19.3. The van der Waals surface area contributed by atoms with Crippen LogP contribution in [0.15, 0.2) is 97.1 Å². The van der Waals surface area contributed by atoms with Crippen molar-refractivity contribution in [1.29, 1.82) is 0 Å². The third kappa shape index (κ3) is 3.18. The molecule has 0 saturated heterocycles. The van der Waals surface area contributed by atoms with Crippen LogP contribution in [0.25, 0.3) is 0 Å². The Morgan fingerprint density at radius 1 is 0.567 bits per heavy atom. The fourth-order valence-corrected chi connectivity index (χ4v) is 3.99. The van der Waals surface area contributed by atoms with Crippen LogP contribution in [0.1, 0.15) is 32.6 Å². The topological polar surface area (TPSA) is 77.8 Å². The molecule has 0 saturated carbocycles. The van der Waals surface area contributed by atoms with Crippen molar-refractivity contribution < 1.29 is 20.1 Å². The first-order valence-corrected chi connectivity index (χ1v) is 9.49. The first-order valence-electron chi connectivity index (χ1n) is 9.49. The highest BCUT2D eigenvalue weighted by molar-refractivity contribution is 5.80. The van der Waals surface area contributed by atoms with Gasteiger partial charge in [-0.25, -0.2) is 0 Å². The monoisotopic (exact) mass is 396 g/mol. The average molecular weight is 396 g/mol. The number of aldehydes is 1. The third-order valence-corrected chi connectivity index (χ3v) is 5.39. The zero-order chi connectivity index (χ0) is 21.1. The number of rotatable bonds is 5. The summed E-state index contributed by atoms with van der Waals surface area (Å²) in [6.45, 7) is 0. The summed E-state index contributed by atoms with van der Waals surface area (Å²) in [7, 11) is 0. The second-order valence-electron chi connectivity index (χ2n) is 7.10. The molecule has 0 radical (unpaired) electrons. The maximum absolute atomic E-state index is 11.6. The Morgan fingerprint density at radius 3 is 1.53 bits per heavy atom. The molecule has 0 spiro atoms. The van der Waals surface area contributed by atoms with Gasteiger partial charge in [0.25, 0.3) is 0 Å². The van der Waals surface area contributed by atoms with Crippen molar-refractivity contribution in [2.24, 2.45) is 0 Å². The number of hydrogen-bond acceptors (Lipinski definition) is 4. The van der Waals surface area contributed by atoms with Crippen molar-refractivity contribution in [2.75, 3.05) is 0 Å². The number of carbonyl (C=O) groups is 1. The van der Waals surface area contributed by atoms with E-state index in [4.69, 9.17) is 0 Å². The highest BCUT2D eigenvalue weighted by Gasteiger charge is 2.38. The van der Waals surface area contributed by atoms with E-state index in [0.29, 0.717) is 6.29 Å². The van der Waals surface area contributed by atoms with Crippen LogP contribution in [0, 0.1) is 0 Å². The van der Waals surface area contributed by atoms with E-state index in [0.717, 1.165) is 22.3 Å². The molecular formula is C26H20O4. The van der Waals surface area contributed by atoms with Gasteiger partial charge in [-0.2, -0.15) is 0 Å². The minimum absolute atomic E-state index is 0.0906. The fraction of sp³-hybridized carbons (Fsp3) is 0.0385.